The number of carbonyl (C=O) groups excluding carboxylic acids is 4. The normalized spacial score (nSPS) is 17.9. The Morgan fingerprint density at radius 1 is 0.689 bits per heavy atom. The third kappa shape index (κ3) is 8.05. The van der Waals surface area contributed by atoms with E-state index in [4.69, 9.17) is 9.72 Å². The fourth-order valence-electron chi connectivity index (χ4n) is 9.30. The van der Waals surface area contributed by atoms with Crippen LogP contribution in [0.15, 0.2) is 97.3 Å². The summed E-state index contributed by atoms with van der Waals surface area (Å²) < 4.78 is 9.54. The molecule has 2 aromatic heterocycles. The number of fused-ring (bicyclic) bond motifs is 2. The van der Waals surface area contributed by atoms with Gasteiger partial charge in [0.1, 0.15) is 24.2 Å². The number of methoxy groups -OCH3 is 2. The highest BCUT2D eigenvalue weighted by atomic mass is 16.5. The summed E-state index contributed by atoms with van der Waals surface area (Å²) in [5.41, 5.74) is 8.31. The number of nitrogens with zero attached hydrogens (tertiary/aromatic N) is 4. The maximum atomic E-state index is 14.2. The molecule has 61 heavy (non-hydrogen) atoms. The molecule has 2 aliphatic heterocycles. The van der Waals surface area contributed by atoms with Gasteiger partial charge in [0.05, 0.1) is 50.1 Å². The number of imidazole rings is 2. The molecule has 9 rings (SSSR count). The zero-order chi connectivity index (χ0) is 42.0. The Labute approximate surface area is 353 Å². The highest BCUT2D eigenvalue weighted by molar-refractivity contribution is 5.91. The van der Waals surface area contributed by atoms with Gasteiger partial charge in [-0.05, 0) is 95.2 Å². The van der Waals surface area contributed by atoms with Gasteiger partial charge in [-0.15, -0.1) is 0 Å². The predicted octanol–water partition coefficient (Wildman–Crippen LogP) is 7.11. The topological polar surface area (TPSA) is 175 Å². The number of ether oxygens (including phenoxy) is 2. The maximum absolute atomic E-state index is 14.2. The van der Waals surface area contributed by atoms with E-state index in [1.807, 2.05) is 29.4 Å². The van der Waals surface area contributed by atoms with Crippen molar-refractivity contribution in [1.29, 1.82) is 0 Å². The van der Waals surface area contributed by atoms with Crippen LogP contribution in [-0.4, -0.2) is 93.6 Å². The molecular formula is C47H48N8O6. The van der Waals surface area contributed by atoms with E-state index in [0.29, 0.717) is 13.1 Å². The summed E-state index contributed by atoms with van der Waals surface area (Å²) >= 11 is 0. The first-order valence-corrected chi connectivity index (χ1v) is 20.8. The quantitative estimate of drug-likeness (QED) is 0.113. The molecule has 4 heterocycles. The second kappa shape index (κ2) is 17.0. The number of rotatable bonds is 10. The van der Waals surface area contributed by atoms with Gasteiger partial charge in [-0.1, -0.05) is 72.8 Å². The number of aromatic nitrogens is 4. The summed E-state index contributed by atoms with van der Waals surface area (Å²) in [7, 11) is 2.59. The van der Waals surface area contributed by atoms with Crippen molar-refractivity contribution in [2.45, 2.75) is 56.7 Å². The first kappa shape index (κ1) is 39.5. The van der Waals surface area contributed by atoms with Crippen LogP contribution in [-0.2, 0) is 31.9 Å². The van der Waals surface area contributed by atoms with E-state index < -0.39 is 18.2 Å². The molecule has 0 saturated carbocycles. The van der Waals surface area contributed by atoms with Gasteiger partial charge < -0.3 is 39.9 Å². The third-order valence-corrected chi connectivity index (χ3v) is 12.5. The van der Waals surface area contributed by atoms with Gasteiger partial charge >= 0.3 is 12.2 Å². The van der Waals surface area contributed by atoms with Crippen LogP contribution in [0, 0.1) is 5.92 Å². The number of nitrogens with one attached hydrogen (secondary N) is 4. The van der Waals surface area contributed by atoms with Gasteiger partial charge in [-0.25, -0.2) is 19.6 Å². The molecular weight excluding hydrogens is 773 g/mol. The molecule has 0 unspecified atom stereocenters. The minimum Gasteiger partial charge on any atom is -0.453 e. The molecule has 4 amide bonds. The smallest absolute Gasteiger partial charge is 0.407 e. The van der Waals surface area contributed by atoms with Crippen LogP contribution >= 0.6 is 0 Å². The average molecular weight is 821 g/mol. The molecule has 14 nitrogen and oxygen atoms in total. The zero-order valence-corrected chi connectivity index (χ0v) is 34.1. The lowest BCUT2D eigenvalue weighted by Gasteiger charge is -2.31. The summed E-state index contributed by atoms with van der Waals surface area (Å²) in [6.45, 7) is 1.07. The van der Waals surface area contributed by atoms with Crippen LogP contribution in [0.5, 0.6) is 0 Å². The summed E-state index contributed by atoms with van der Waals surface area (Å²) in [6, 6.07) is 28.2. The number of alkyl carbamates (subject to hydrolysis) is 2. The monoisotopic (exact) mass is 820 g/mol. The SMILES string of the molecule is COC(=O)NCC(=O)N1CCC[C@H]1c1ncc(-c2ccc3cc(-c4ccc(-c5cnc([C@@H]6CCCN6C(=O)[C@@H](NC(=O)OC)C6Cc7ccccc7C6)[nH]5)cc4)ccc3c2)[nH]1. The maximum Gasteiger partial charge on any atom is 0.407 e. The number of hydrogen-bond donors (Lipinski definition) is 4. The van der Waals surface area contributed by atoms with Crippen molar-refractivity contribution >= 4 is 34.8 Å². The van der Waals surface area contributed by atoms with Crippen LogP contribution in [0.3, 0.4) is 0 Å². The number of H-pyrrole nitrogens is 2. The van der Waals surface area contributed by atoms with Crippen molar-refractivity contribution in [2.75, 3.05) is 33.9 Å². The van der Waals surface area contributed by atoms with Gasteiger partial charge in [-0.3, -0.25) is 9.59 Å². The number of benzene rings is 4. The summed E-state index contributed by atoms with van der Waals surface area (Å²) in [5, 5.41) is 7.54. The predicted molar refractivity (Wildman–Crippen MR) is 229 cm³/mol. The van der Waals surface area contributed by atoms with Crippen molar-refractivity contribution in [3.05, 3.63) is 120 Å². The molecule has 4 N–H and O–H groups in total. The fourth-order valence-corrected chi connectivity index (χ4v) is 9.30. The second-order valence-electron chi connectivity index (χ2n) is 16.0. The summed E-state index contributed by atoms with van der Waals surface area (Å²) in [4.78, 5) is 71.0. The molecule has 14 heteroatoms. The van der Waals surface area contributed by atoms with Gasteiger partial charge in [0.25, 0.3) is 0 Å². The lowest BCUT2D eigenvalue weighted by molar-refractivity contribution is -0.135. The standard InChI is InChI=1S/C47H48N8O6/c1-60-46(58)50-27-41(56)54-19-5-9-39(54)43-49-26-38(52-43)35-18-17-33-21-32(15-16-34(33)22-35)28-11-13-29(14-12-28)37-25-48-44(51-37)40-10-6-20-55(40)45(57)42(53-47(59)61-2)36-23-30-7-3-4-8-31(30)24-36/h3-4,7-8,11-18,21-22,25-26,36,39-40,42H,5-6,9-10,19-20,23-24,27H2,1-2H3,(H,48,51)(H,49,52)(H,50,58)(H,53,59)/t39-,40-,42-/m0/s1. The summed E-state index contributed by atoms with van der Waals surface area (Å²) in [5.74, 6) is 1.11. The average Bonchev–Trinajstić information content (AvgIpc) is 4.16. The molecule has 312 valence electrons. The second-order valence-corrected chi connectivity index (χ2v) is 16.0. The van der Waals surface area contributed by atoms with Gasteiger partial charge in [-0.2, -0.15) is 0 Å². The zero-order valence-electron chi connectivity index (χ0n) is 34.1. The van der Waals surface area contributed by atoms with E-state index >= 15 is 0 Å². The highest BCUT2D eigenvalue weighted by Crippen LogP contribution is 2.37. The Bertz CT molecular complexity index is 2580. The molecule has 6 aromatic rings. The fraction of sp³-hybridized carbons (Fsp3) is 0.319. The molecule has 0 radical (unpaired) electrons. The largest absolute Gasteiger partial charge is 0.453 e. The van der Waals surface area contributed by atoms with E-state index in [1.165, 1.54) is 25.3 Å². The van der Waals surface area contributed by atoms with E-state index in [0.717, 1.165) is 94.6 Å². The Hall–Kier alpha value is -6.96. The van der Waals surface area contributed by atoms with E-state index in [9.17, 15) is 19.2 Å². The minimum atomic E-state index is -0.706. The lowest BCUT2D eigenvalue weighted by atomic mass is 9.95. The Morgan fingerprint density at radius 3 is 1.87 bits per heavy atom. The number of aromatic amines is 2. The Kier molecular flexibility index (Phi) is 11.0. The van der Waals surface area contributed by atoms with Crippen LogP contribution < -0.4 is 10.6 Å². The summed E-state index contributed by atoms with van der Waals surface area (Å²) in [6.07, 6.45) is 7.10. The van der Waals surface area contributed by atoms with Crippen molar-refractivity contribution < 1.29 is 28.7 Å². The number of amides is 4. The first-order chi connectivity index (χ1) is 29.8. The molecule has 2 saturated heterocycles. The Balaban J connectivity index is 0.863. The molecule has 2 fully saturated rings. The van der Waals surface area contributed by atoms with E-state index in [2.05, 4.69) is 103 Å². The highest BCUT2D eigenvalue weighted by Gasteiger charge is 2.41. The number of hydrogen-bond acceptors (Lipinski definition) is 8. The molecule has 3 aliphatic rings. The van der Waals surface area contributed by atoms with Crippen molar-refractivity contribution in [3.63, 3.8) is 0 Å². The van der Waals surface area contributed by atoms with Crippen molar-refractivity contribution in [1.82, 2.24) is 40.4 Å². The van der Waals surface area contributed by atoms with Crippen molar-refractivity contribution in [2.24, 2.45) is 5.92 Å². The van der Waals surface area contributed by atoms with E-state index in [1.54, 1.807) is 4.90 Å². The van der Waals surface area contributed by atoms with Crippen LogP contribution in [0.25, 0.3) is 44.4 Å². The van der Waals surface area contributed by atoms with Gasteiger partial charge in [0, 0.05) is 18.7 Å². The lowest BCUT2D eigenvalue weighted by Crippen LogP contribution is -2.52. The molecule has 0 spiro atoms. The molecule has 3 atom stereocenters. The number of likely N-dealkylation sites (tertiary alicyclic amines) is 2. The third-order valence-electron chi connectivity index (χ3n) is 12.5. The van der Waals surface area contributed by atoms with Crippen LogP contribution in [0.4, 0.5) is 9.59 Å². The van der Waals surface area contributed by atoms with Gasteiger partial charge in [0.15, 0.2) is 0 Å². The van der Waals surface area contributed by atoms with Gasteiger partial charge in [0.2, 0.25) is 11.8 Å². The minimum absolute atomic E-state index is 0.0632. The van der Waals surface area contributed by atoms with Crippen LogP contribution in [0.2, 0.25) is 0 Å². The first-order valence-electron chi connectivity index (χ1n) is 20.8. The number of carbonyl (C=O) groups is 4. The molecule has 0 bridgehead atoms. The van der Waals surface area contributed by atoms with E-state index in [-0.39, 0.29) is 36.4 Å². The molecule has 1 aliphatic carbocycles. The molecule has 4 aromatic carbocycles. The van der Waals surface area contributed by atoms with Crippen molar-refractivity contribution in [3.8, 4) is 33.6 Å². The Morgan fingerprint density at radius 2 is 1.23 bits per heavy atom. The van der Waals surface area contributed by atoms with Crippen LogP contribution in [0.1, 0.15) is 60.5 Å².